The van der Waals surface area contributed by atoms with Crippen molar-refractivity contribution in [2.24, 2.45) is 0 Å². The van der Waals surface area contributed by atoms with Gasteiger partial charge in [-0.3, -0.25) is 0 Å². The zero-order valence-electron chi connectivity index (χ0n) is 11.6. The first kappa shape index (κ1) is 13.3. The van der Waals surface area contributed by atoms with E-state index in [0.717, 1.165) is 17.5 Å². The maximum atomic E-state index is 11.8. The van der Waals surface area contributed by atoms with Gasteiger partial charge < -0.3 is 4.74 Å². The van der Waals surface area contributed by atoms with Gasteiger partial charge in [0.25, 0.3) is 0 Å². The summed E-state index contributed by atoms with van der Waals surface area (Å²) in [5.41, 5.74) is 5.16. The Morgan fingerprint density at radius 2 is 1.79 bits per heavy atom. The zero-order chi connectivity index (χ0) is 13.8. The molecule has 19 heavy (non-hydrogen) atoms. The zero-order valence-corrected chi connectivity index (χ0v) is 11.6. The van der Waals surface area contributed by atoms with Crippen LogP contribution in [0.1, 0.15) is 32.6 Å². The van der Waals surface area contributed by atoms with Gasteiger partial charge in [0.05, 0.1) is 12.7 Å². The fraction of sp³-hybridized carbons (Fsp3) is 0.235. The van der Waals surface area contributed by atoms with Crippen molar-refractivity contribution < 1.29 is 9.53 Å². The second-order valence-corrected chi connectivity index (χ2v) is 4.75. The van der Waals surface area contributed by atoms with Gasteiger partial charge in [-0.1, -0.05) is 36.4 Å². The molecule has 0 aliphatic heterocycles. The summed E-state index contributed by atoms with van der Waals surface area (Å²) in [7, 11) is 1.42. The number of rotatable bonds is 3. The second kappa shape index (κ2) is 5.70. The highest BCUT2D eigenvalue weighted by atomic mass is 16.5. The molecule has 98 valence electrons. The van der Waals surface area contributed by atoms with Crippen LogP contribution >= 0.6 is 0 Å². The van der Waals surface area contributed by atoms with Crippen LogP contribution in [-0.4, -0.2) is 13.1 Å². The van der Waals surface area contributed by atoms with E-state index in [1.807, 2.05) is 38.1 Å². The molecule has 0 amide bonds. The number of aryl methyl sites for hydroxylation is 1. The lowest BCUT2D eigenvalue weighted by Crippen LogP contribution is -2.07. The van der Waals surface area contributed by atoms with Crippen LogP contribution in [0.2, 0.25) is 0 Å². The Kier molecular flexibility index (Phi) is 4.00. The molecule has 2 aromatic carbocycles. The number of hydrogen-bond acceptors (Lipinski definition) is 2. The Hall–Kier alpha value is -2.09. The van der Waals surface area contributed by atoms with Crippen molar-refractivity contribution >= 4 is 5.97 Å². The predicted octanol–water partition coefficient (Wildman–Crippen LogP) is 3.68. The molecule has 0 heterocycles. The first-order chi connectivity index (χ1) is 9.11. The average Bonchev–Trinajstić information content (AvgIpc) is 2.42. The third kappa shape index (κ3) is 3.02. The smallest absolute Gasteiger partial charge is 0.338 e. The highest BCUT2D eigenvalue weighted by Gasteiger charge is 2.13. The maximum Gasteiger partial charge on any atom is 0.338 e. The lowest BCUT2D eigenvalue weighted by Gasteiger charge is -2.12. The summed E-state index contributed by atoms with van der Waals surface area (Å²) >= 11 is 0. The fourth-order valence-electron chi connectivity index (χ4n) is 2.26. The largest absolute Gasteiger partial charge is 0.465 e. The van der Waals surface area contributed by atoms with Crippen LogP contribution in [0.3, 0.4) is 0 Å². The summed E-state index contributed by atoms with van der Waals surface area (Å²) in [5, 5.41) is 0. The van der Waals surface area contributed by atoms with Gasteiger partial charge in [0.2, 0.25) is 0 Å². The van der Waals surface area contributed by atoms with Crippen molar-refractivity contribution in [3.8, 4) is 0 Å². The van der Waals surface area contributed by atoms with Crippen LogP contribution in [0.15, 0.2) is 42.5 Å². The molecule has 2 nitrogen and oxygen atoms in total. The number of methoxy groups -OCH3 is 1. The van der Waals surface area contributed by atoms with E-state index in [-0.39, 0.29) is 5.97 Å². The van der Waals surface area contributed by atoms with Crippen molar-refractivity contribution in [3.63, 3.8) is 0 Å². The molecule has 2 heteroatoms. The molecule has 0 saturated carbocycles. The molecule has 0 bridgehead atoms. The monoisotopic (exact) mass is 254 g/mol. The van der Waals surface area contributed by atoms with E-state index < -0.39 is 0 Å². The van der Waals surface area contributed by atoms with Gasteiger partial charge in [-0.25, -0.2) is 4.79 Å². The summed E-state index contributed by atoms with van der Waals surface area (Å²) in [6.07, 6.45) is 0.832. The highest BCUT2D eigenvalue weighted by Crippen LogP contribution is 2.20. The number of ether oxygens (including phenoxy) is 1. The molecule has 0 aliphatic carbocycles. The van der Waals surface area contributed by atoms with Crippen LogP contribution in [0.5, 0.6) is 0 Å². The first-order valence-corrected chi connectivity index (χ1v) is 6.34. The lowest BCUT2D eigenvalue weighted by atomic mass is 9.94. The molecule has 0 aliphatic rings. The van der Waals surface area contributed by atoms with Crippen molar-refractivity contribution in [1.82, 2.24) is 0 Å². The molecule has 2 aromatic rings. The molecule has 0 unspecified atom stereocenters. The molecule has 0 fully saturated rings. The fourth-order valence-corrected chi connectivity index (χ4v) is 2.26. The van der Waals surface area contributed by atoms with Crippen molar-refractivity contribution in [2.45, 2.75) is 20.3 Å². The lowest BCUT2D eigenvalue weighted by molar-refractivity contribution is 0.0599. The summed E-state index contributed by atoms with van der Waals surface area (Å²) in [6, 6.07) is 14.3. The topological polar surface area (TPSA) is 26.3 Å². The number of hydrogen-bond donors (Lipinski definition) is 0. The van der Waals surface area contributed by atoms with Gasteiger partial charge in [-0.15, -0.1) is 0 Å². The van der Waals surface area contributed by atoms with E-state index in [1.54, 1.807) is 0 Å². The summed E-state index contributed by atoms with van der Waals surface area (Å²) in [4.78, 5) is 11.8. The van der Waals surface area contributed by atoms with E-state index in [9.17, 15) is 4.79 Å². The van der Waals surface area contributed by atoms with E-state index in [2.05, 4.69) is 18.2 Å². The van der Waals surface area contributed by atoms with Gasteiger partial charge in [0.1, 0.15) is 0 Å². The first-order valence-electron chi connectivity index (χ1n) is 6.34. The minimum absolute atomic E-state index is 0.268. The molecular weight excluding hydrogens is 236 g/mol. The van der Waals surface area contributed by atoms with Crippen LogP contribution in [0, 0.1) is 13.8 Å². The number of benzene rings is 2. The molecular formula is C17H18O2. The quantitative estimate of drug-likeness (QED) is 0.781. The van der Waals surface area contributed by atoms with Crippen LogP contribution in [0.4, 0.5) is 0 Å². The van der Waals surface area contributed by atoms with Crippen LogP contribution in [0.25, 0.3) is 0 Å². The van der Waals surface area contributed by atoms with Gasteiger partial charge in [-0.2, -0.15) is 0 Å². The number of carbonyl (C=O) groups excluding carboxylic acids is 1. The number of esters is 1. The summed E-state index contributed by atoms with van der Waals surface area (Å²) < 4.78 is 4.84. The van der Waals surface area contributed by atoms with E-state index in [4.69, 9.17) is 4.74 Å². The van der Waals surface area contributed by atoms with Gasteiger partial charge >= 0.3 is 5.97 Å². The third-order valence-corrected chi connectivity index (χ3v) is 3.30. The van der Waals surface area contributed by atoms with E-state index in [0.29, 0.717) is 5.56 Å². The van der Waals surface area contributed by atoms with Crippen molar-refractivity contribution in [3.05, 3.63) is 70.3 Å². The average molecular weight is 254 g/mol. The highest BCUT2D eigenvalue weighted by molar-refractivity contribution is 5.91. The normalized spacial score (nSPS) is 10.3. The van der Waals surface area contributed by atoms with Crippen LogP contribution in [-0.2, 0) is 11.2 Å². The molecule has 0 saturated heterocycles. The Balaban J connectivity index is 2.41. The number of carbonyl (C=O) groups is 1. The van der Waals surface area contributed by atoms with Crippen molar-refractivity contribution in [1.29, 1.82) is 0 Å². The Labute approximate surface area is 114 Å². The molecule has 0 aromatic heterocycles. The van der Waals surface area contributed by atoms with Gasteiger partial charge in [0.15, 0.2) is 0 Å². The van der Waals surface area contributed by atoms with E-state index in [1.165, 1.54) is 18.2 Å². The molecule has 0 spiro atoms. The second-order valence-electron chi connectivity index (χ2n) is 4.75. The predicted molar refractivity (Wildman–Crippen MR) is 76.5 cm³/mol. The minimum Gasteiger partial charge on any atom is -0.465 e. The molecule has 0 N–H and O–H groups in total. The standard InChI is InChI=1S/C17H18O2/c1-12-9-15(11-14-7-5-4-6-8-14)13(2)16(10-12)17(18)19-3/h4-10H,11H2,1-3H3. The minimum atomic E-state index is -0.268. The SMILES string of the molecule is COC(=O)c1cc(C)cc(Cc2ccccc2)c1C. The Bertz CT molecular complexity index is 586. The summed E-state index contributed by atoms with van der Waals surface area (Å²) in [6.45, 7) is 3.98. The third-order valence-electron chi connectivity index (χ3n) is 3.30. The van der Waals surface area contributed by atoms with E-state index >= 15 is 0 Å². The molecule has 2 rings (SSSR count). The van der Waals surface area contributed by atoms with Gasteiger partial charge in [-0.05, 0) is 48.6 Å². The van der Waals surface area contributed by atoms with Gasteiger partial charge in [0, 0.05) is 0 Å². The molecule has 0 radical (unpaired) electrons. The Morgan fingerprint density at radius 3 is 2.42 bits per heavy atom. The maximum absolute atomic E-state index is 11.8. The van der Waals surface area contributed by atoms with Crippen LogP contribution < -0.4 is 0 Å². The Morgan fingerprint density at radius 1 is 1.11 bits per heavy atom. The van der Waals surface area contributed by atoms with Crippen molar-refractivity contribution in [2.75, 3.05) is 7.11 Å². The summed E-state index contributed by atoms with van der Waals surface area (Å²) in [5.74, 6) is -0.268. The molecule has 0 atom stereocenters.